The van der Waals surface area contributed by atoms with E-state index in [-0.39, 0.29) is 0 Å². The van der Waals surface area contributed by atoms with Crippen molar-refractivity contribution in [2.45, 2.75) is 53.5 Å². The Hall–Kier alpha value is -0.790. The second kappa shape index (κ2) is 3.95. The van der Waals surface area contributed by atoms with Gasteiger partial charge in [0.25, 0.3) is 0 Å². The van der Waals surface area contributed by atoms with Gasteiger partial charge in [-0.1, -0.05) is 13.8 Å². The van der Waals surface area contributed by atoms with Crippen molar-refractivity contribution in [3.63, 3.8) is 0 Å². The summed E-state index contributed by atoms with van der Waals surface area (Å²) < 4.78 is 2.09. The molecular weight excluding hydrogens is 160 g/mol. The van der Waals surface area contributed by atoms with E-state index in [1.165, 1.54) is 23.4 Å². The normalized spacial score (nSPS) is 13.3. The SMILES string of the molecule is CCC(C)c1nn(CC)c(C)c1C. The molecule has 1 aromatic heterocycles. The summed E-state index contributed by atoms with van der Waals surface area (Å²) in [5, 5.41) is 4.62. The predicted molar refractivity (Wildman–Crippen MR) is 56.1 cm³/mol. The standard InChI is InChI=1S/C11H20N2/c1-6-8(3)11-9(4)10(5)13(7-2)12-11/h8H,6-7H2,1-5H3. The average Bonchev–Trinajstić information content (AvgIpc) is 2.43. The lowest BCUT2D eigenvalue weighted by atomic mass is 10.0. The molecule has 74 valence electrons. The highest BCUT2D eigenvalue weighted by Gasteiger charge is 2.14. The molecule has 0 saturated heterocycles. The van der Waals surface area contributed by atoms with E-state index < -0.39 is 0 Å². The highest BCUT2D eigenvalue weighted by atomic mass is 15.3. The lowest BCUT2D eigenvalue weighted by Crippen LogP contribution is -2.00. The first kappa shape index (κ1) is 10.3. The molecule has 0 aromatic carbocycles. The summed E-state index contributed by atoms with van der Waals surface area (Å²) in [6.07, 6.45) is 1.17. The largest absolute Gasteiger partial charge is 0.270 e. The highest BCUT2D eigenvalue weighted by molar-refractivity contribution is 5.26. The number of hydrogen-bond donors (Lipinski definition) is 0. The van der Waals surface area contributed by atoms with Crippen LogP contribution in [0, 0.1) is 13.8 Å². The van der Waals surface area contributed by atoms with E-state index in [2.05, 4.69) is 44.4 Å². The van der Waals surface area contributed by atoms with E-state index in [1.807, 2.05) is 0 Å². The molecule has 0 saturated carbocycles. The van der Waals surface area contributed by atoms with E-state index in [0.29, 0.717) is 5.92 Å². The van der Waals surface area contributed by atoms with E-state index >= 15 is 0 Å². The molecule has 0 aliphatic rings. The van der Waals surface area contributed by atoms with Gasteiger partial charge >= 0.3 is 0 Å². The molecule has 0 spiro atoms. The van der Waals surface area contributed by atoms with Gasteiger partial charge in [0.15, 0.2) is 0 Å². The van der Waals surface area contributed by atoms with Crippen LogP contribution < -0.4 is 0 Å². The van der Waals surface area contributed by atoms with Gasteiger partial charge in [-0.05, 0) is 32.8 Å². The molecule has 0 bridgehead atoms. The van der Waals surface area contributed by atoms with Gasteiger partial charge < -0.3 is 0 Å². The van der Waals surface area contributed by atoms with Crippen molar-refractivity contribution in [1.82, 2.24) is 9.78 Å². The van der Waals surface area contributed by atoms with Crippen LogP contribution >= 0.6 is 0 Å². The third-order valence-electron chi connectivity index (χ3n) is 2.92. The lowest BCUT2D eigenvalue weighted by Gasteiger charge is -2.04. The number of aryl methyl sites for hydroxylation is 1. The molecule has 2 nitrogen and oxygen atoms in total. The number of aromatic nitrogens is 2. The van der Waals surface area contributed by atoms with Crippen LogP contribution in [0.5, 0.6) is 0 Å². The fraction of sp³-hybridized carbons (Fsp3) is 0.727. The fourth-order valence-electron chi connectivity index (χ4n) is 1.63. The molecule has 0 aliphatic heterocycles. The molecule has 2 heteroatoms. The van der Waals surface area contributed by atoms with Gasteiger partial charge in [-0.3, -0.25) is 4.68 Å². The Kier molecular flexibility index (Phi) is 3.12. The van der Waals surface area contributed by atoms with Crippen LogP contribution in [0.2, 0.25) is 0 Å². The van der Waals surface area contributed by atoms with Crippen molar-refractivity contribution in [1.29, 1.82) is 0 Å². The van der Waals surface area contributed by atoms with E-state index in [4.69, 9.17) is 0 Å². The van der Waals surface area contributed by atoms with Crippen molar-refractivity contribution in [2.24, 2.45) is 0 Å². The zero-order valence-corrected chi connectivity index (χ0v) is 9.39. The molecule has 1 aromatic rings. The smallest absolute Gasteiger partial charge is 0.0684 e. The summed E-state index contributed by atoms with van der Waals surface area (Å²) >= 11 is 0. The Labute approximate surface area is 81.0 Å². The summed E-state index contributed by atoms with van der Waals surface area (Å²) in [6, 6.07) is 0. The van der Waals surface area contributed by atoms with Crippen molar-refractivity contribution in [3.05, 3.63) is 17.0 Å². The molecular formula is C11H20N2. The molecule has 0 aliphatic carbocycles. The van der Waals surface area contributed by atoms with Crippen LogP contribution in [-0.2, 0) is 6.54 Å². The molecule has 13 heavy (non-hydrogen) atoms. The predicted octanol–water partition coefficient (Wildman–Crippen LogP) is 3.03. The van der Waals surface area contributed by atoms with Gasteiger partial charge in [0.1, 0.15) is 0 Å². The van der Waals surface area contributed by atoms with Gasteiger partial charge in [0, 0.05) is 18.2 Å². The van der Waals surface area contributed by atoms with Gasteiger partial charge in [-0.25, -0.2) is 0 Å². The van der Waals surface area contributed by atoms with Gasteiger partial charge in [-0.15, -0.1) is 0 Å². The Morgan fingerprint density at radius 2 is 1.92 bits per heavy atom. The molecule has 1 atom stereocenters. The van der Waals surface area contributed by atoms with Gasteiger partial charge in [-0.2, -0.15) is 5.10 Å². The minimum Gasteiger partial charge on any atom is -0.270 e. The minimum atomic E-state index is 0.589. The second-order valence-corrected chi connectivity index (χ2v) is 3.72. The van der Waals surface area contributed by atoms with Crippen LogP contribution in [0.1, 0.15) is 50.1 Å². The van der Waals surface area contributed by atoms with Crippen LogP contribution in [0.3, 0.4) is 0 Å². The minimum absolute atomic E-state index is 0.589. The quantitative estimate of drug-likeness (QED) is 0.699. The van der Waals surface area contributed by atoms with Crippen LogP contribution in [0.4, 0.5) is 0 Å². The van der Waals surface area contributed by atoms with Crippen molar-refractivity contribution >= 4 is 0 Å². The lowest BCUT2D eigenvalue weighted by molar-refractivity contribution is 0.606. The first-order valence-corrected chi connectivity index (χ1v) is 5.15. The summed E-state index contributed by atoms with van der Waals surface area (Å²) in [6.45, 7) is 11.9. The maximum absolute atomic E-state index is 4.62. The molecule has 0 amide bonds. The van der Waals surface area contributed by atoms with Gasteiger partial charge in [0.2, 0.25) is 0 Å². The van der Waals surface area contributed by atoms with Crippen LogP contribution in [0.25, 0.3) is 0 Å². The Balaban J connectivity index is 3.09. The maximum atomic E-state index is 4.62. The summed E-state index contributed by atoms with van der Waals surface area (Å²) in [5.41, 5.74) is 3.97. The first-order chi connectivity index (χ1) is 6.11. The monoisotopic (exact) mass is 180 g/mol. The Bertz CT molecular complexity index is 287. The fourth-order valence-corrected chi connectivity index (χ4v) is 1.63. The summed E-state index contributed by atoms with van der Waals surface area (Å²) in [7, 11) is 0. The first-order valence-electron chi connectivity index (χ1n) is 5.15. The average molecular weight is 180 g/mol. The molecule has 1 rings (SSSR count). The van der Waals surface area contributed by atoms with Crippen molar-refractivity contribution < 1.29 is 0 Å². The Morgan fingerprint density at radius 3 is 2.31 bits per heavy atom. The third-order valence-corrected chi connectivity index (χ3v) is 2.92. The van der Waals surface area contributed by atoms with E-state index in [1.54, 1.807) is 0 Å². The molecule has 1 unspecified atom stereocenters. The van der Waals surface area contributed by atoms with E-state index in [9.17, 15) is 0 Å². The van der Waals surface area contributed by atoms with Crippen molar-refractivity contribution in [3.8, 4) is 0 Å². The molecule has 0 fully saturated rings. The number of nitrogens with zero attached hydrogens (tertiary/aromatic N) is 2. The highest BCUT2D eigenvalue weighted by Crippen LogP contribution is 2.23. The van der Waals surface area contributed by atoms with Crippen LogP contribution in [0.15, 0.2) is 0 Å². The van der Waals surface area contributed by atoms with E-state index in [0.717, 1.165) is 6.54 Å². The third kappa shape index (κ3) is 1.77. The number of rotatable bonds is 3. The molecule has 0 N–H and O–H groups in total. The maximum Gasteiger partial charge on any atom is 0.0684 e. The molecule has 1 heterocycles. The second-order valence-electron chi connectivity index (χ2n) is 3.72. The molecule has 0 radical (unpaired) electrons. The number of hydrogen-bond acceptors (Lipinski definition) is 1. The topological polar surface area (TPSA) is 17.8 Å². The zero-order chi connectivity index (χ0) is 10.0. The summed E-state index contributed by atoms with van der Waals surface area (Å²) in [4.78, 5) is 0. The zero-order valence-electron chi connectivity index (χ0n) is 9.39. The van der Waals surface area contributed by atoms with Crippen LogP contribution in [-0.4, -0.2) is 9.78 Å². The van der Waals surface area contributed by atoms with Crippen molar-refractivity contribution in [2.75, 3.05) is 0 Å². The summed E-state index contributed by atoms with van der Waals surface area (Å²) in [5.74, 6) is 0.589. The van der Waals surface area contributed by atoms with Gasteiger partial charge in [0.05, 0.1) is 5.69 Å². The Morgan fingerprint density at radius 1 is 1.31 bits per heavy atom.